The van der Waals surface area contributed by atoms with Crippen LogP contribution in [0.5, 0.6) is 5.75 Å². The number of rotatable bonds is 5. The standard InChI is InChI=1S/C17H26N2O2/c1-4-8-17(9-5-10-18-12-17)16(20)19-15-7-6-14(21-3)11-13(15)2/h6-7,11,18H,4-5,8-10,12H2,1-3H3,(H,19,20). The van der Waals surface area contributed by atoms with E-state index in [4.69, 9.17) is 4.74 Å². The lowest BCUT2D eigenvalue weighted by atomic mass is 9.76. The Kier molecular flexibility index (Phi) is 5.23. The van der Waals surface area contributed by atoms with Crippen LogP contribution in [0.25, 0.3) is 0 Å². The molecule has 1 aromatic carbocycles. The third kappa shape index (κ3) is 3.56. The fourth-order valence-electron chi connectivity index (χ4n) is 3.13. The summed E-state index contributed by atoms with van der Waals surface area (Å²) in [5, 5.41) is 6.50. The quantitative estimate of drug-likeness (QED) is 0.876. The van der Waals surface area contributed by atoms with Crippen molar-refractivity contribution in [1.29, 1.82) is 0 Å². The predicted octanol–water partition coefficient (Wildman–Crippen LogP) is 3.11. The molecule has 2 rings (SSSR count). The summed E-state index contributed by atoms with van der Waals surface area (Å²) in [5.74, 6) is 0.956. The van der Waals surface area contributed by atoms with Gasteiger partial charge in [-0.05, 0) is 56.5 Å². The Morgan fingerprint density at radius 3 is 2.86 bits per heavy atom. The minimum atomic E-state index is -0.265. The third-order valence-corrected chi connectivity index (χ3v) is 4.36. The first-order chi connectivity index (χ1) is 10.1. The lowest BCUT2D eigenvalue weighted by molar-refractivity contribution is -0.127. The summed E-state index contributed by atoms with van der Waals surface area (Å²) in [6.45, 7) is 5.92. The highest BCUT2D eigenvalue weighted by Crippen LogP contribution is 2.33. The molecule has 1 saturated heterocycles. The first-order valence-corrected chi connectivity index (χ1v) is 7.78. The van der Waals surface area contributed by atoms with Crippen molar-refractivity contribution < 1.29 is 9.53 Å². The molecule has 1 heterocycles. The Morgan fingerprint density at radius 1 is 1.48 bits per heavy atom. The summed E-state index contributed by atoms with van der Waals surface area (Å²) >= 11 is 0. The number of hydrogen-bond acceptors (Lipinski definition) is 3. The van der Waals surface area contributed by atoms with Gasteiger partial charge in [0, 0.05) is 12.2 Å². The molecule has 4 nitrogen and oxygen atoms in total. The van der Waals surface area contributed by atoms with Crippen LogP contribution in [0.15, 0.2) is 18.2 Å². The Balaban J connectivity index is 2.15. The van der Waals surface area contributed by atoms with Gasteiger partial charge in [-0.15, -0.1) is 0 Å². The molecule has 0 radical (unpaired) electrons. The fourth-order valence-corrected chi connectivity index (χ4v) is 3.13. The predicted molar refractivity (Wildman–Crippen MR) is 85.8 cm³/mol. The van der Waals surface area contributed by atoms with Crippen molar-refractivity contribution in [2.75, 3.05) is 25.5 Å². The monoisotopic (exact) mass is 290 g/mol. The van der Waals surface area contributed by atoms with Gasteiger partial charge in [-0.25, -0.2) is 0 Å². The summed E-state index contributed by atoms with van der Waals surface area (Å²) in [4.78, 5) is 12.8. The van der Waals surface area contributed by atoms with Gasteiger partial charge in [0.1, 0.15) is 5.75 Å². The molecule has 4 heteroatoms. The van der Waals surface area contributed by atoms with Crippen molar-refractivity contribution >= 4 is 11.6 Å². The molecule has 0 aromatic heterocycles. The summed E-state index contributed by atoms with van der Waals surface area (Å²) < 4.78 is 5.21. The molecule has 0 spiro atoms. The Bertz CT molecular complexity index is 488. The maximum absolute atomic E-state index is 12.8. The van der Waals surface area contributed by atoms with Gasteiger partial charge in [0.25, 0.3) is 0 Å². The molecule has 0 saturated carbocycles. The van der Waals surface area contributed by atoms with Crippen LogP contribution in [-0.2, 0) is 4.79 Å². The van der Waals surface area contributed by atoms with Crippen molar-refractivity contribution in [1.82, 2.24) is 5.32 Å². The van der Waals surface area contributed by atoms with E-state index < -0.39 is 0 Å². The van der Waals surface area contributed by atoms with Gasteiger partial charge >= 0.3 is 0 Å². The van der Waals surface area contributed by atoms with Gasteiger partial charge in [-0.3, -0.25) is 4.79 Å². The summed E-state index contributed by atoms with van der Waals surface area (Å²) in [6.07, 6.45) is 3.99. The van der Waals surface area contributed by atoms with Gasteiger partial charge < -0.3 is 15.4 Å². The van der Waals surface area contributed by atoms with E-state index in [-0.39, 0.29) is 11.3 Å². The second-order valence-corrected chi connectivity index (χ2v) is 5.95. The Labute approximate surface area is 127 Å². The van der Waals surface area contributed by atoms with Crippen LogP contribution in [-0.4, -0.2) is 26.1 Å². The number of methoxy groups -OCH3 is 1. The van der Waals surface area contributed by atoms with Crippen LogP contribution in [0, 0.1) is 12.3 Å². The topological polar surface area (TPSA) is 50.4 Å². The van der Waals surface area contributed by atoms with E-state index in [2.05, 4.69) is 17.6 Å². The van der Waals surface area contributed by atoms with Crippen LogP contribution in [0.3, 0.4) is 0 Å². The number of ether oxygens (including phenoxy) is 1. The highest BCUT2D eigenvalue weighted by Gasteiger charge is 2.38. The Hall–Kier alpha value is -1.55. The zero-order valence-electron chi connectivity index (χ0n) is 13.3. The van der Waals surface area contributed by atoms with Crippen molar-refractivity contribution in [3.63, 3.8) is 0 Å². The molecule has 1 fully saturated rings. The number of piperidine rings is 1. The molecule has 1 atom stereocenters. The molecule has 1 amide bonds. The molecule has 1 aliphatic heterocycles. The van der Waals surface area contributed by atoms with E-state index in [1.54, 1.807) is 7.11 Å². The minimum Gasteiger partial charge on any atom is -0.497 e. The number of aryl methyl sites for hydroxylation is 1. The maximum atomic E-state index is 12.8. The number of carbonyl (C=O) groups is 1. The smallest absolute Gasteiger partial charge is 0.231 e. The zero-order valence-corrected chi connectivity index (χ0v) is 13.3. The second-order valence-electron chi connectivity index (χ2n) is 5.95. The first kappa shape index (κ1) is 15.8. The van der Waals surface area contributed by atoms with E-state index >= 15 is 0 Å². The van der Waals surface area contributed by atoms with Crippen LogP contribution < -0.4 is 15.4 Å². The van der Waals surface area contributed by atoms with Gasteiger partial charge in [0.2, 0.25) is 5.91 Å². The summed E-state index contributed by atoms with van der Waals surface area (Å²) in [7, 11) is 1.65. The highest BCUT2D eigenvalue weighted by molar-refractivity contribution is 5.96. The van der Waals surface area contributed by atoms with Gasteiger partial charge in [0.05, 0.1) is 12.5 Å². The molecule has 1 aliphatic rings. The molecular weight excluding hydrogens is 264 g/mol. The fraction of sp³-hybridized carbons (Fsp3) is 0.588. The zero-order chi connectivity index (χ0) is 15.3. The van der Waals surface area contributed by atoms with Crippen molar-refractivity contribution in [2.45, 2.75) is 39.5 Å². The first-order valence-electron chi connectivity index (χ1n) is 7.78. The molecule has 2 N–H and O–H groups in total. The van der Waals surface area contributed by atoms with Gasteiger partial charge in [-0.2, -0.15) is 0 Å². The highest BCUT2D eigenvalue weighted by atomic mass is 16.5. The third-order valence-electron chi connectivity index (χ3n) is 4.36. The lowest BCUT2D eigenvalue weighted by Crippen LogP contribution is -2.48. The number of benzene rings is 1. The molecular formula is C17H26N2O2. The summed E-state index contributed by atoms with van der Waals surface area (Å²) in [5.41, 5.74) is 1.64. The van der Waals surface area contributed by atoms with E-state index in [9.17, 15) is 4.79 Å². The average molecular weight is 290 g/mol. The number of hydrogen-bond donors (Lipinski definition) is 2. The van der Waals surface area contributed by atoms with E-state index in [1.165, 1.54) is 0 Å². The Morgan fingerprint density at radius 2 is 2.29 bits per heavy atom. The molecule has 0 bridgehead atoms. The normalized spacial score (nSPS) is 21.9. The number of anilines is 1. The molecule has 0 aliphatic carbocycles. The van der Waals surface area contributed by atoms with Gasteiger partial charge in [0.15, 0.2) is 0 Å². The van der Waals surface area contributed by atoms with Crippen molar-refractivity contribution in [2.24, 2.45) is 5.41 Å². The average Bonchev–Trinajstić information content (AvgIpc) is 2.50. The molecule has 1 unspecified atom stereocenters. The van der Waals surface area contributed by atoms with E-state index in [0.717, 1.165) is 55.8 Å². The van der Waals surface area contributed by atoms with Crippen LogP contribution in [0.2, 0.25) is 0 Å². The van der Waals surface area contributed by atoms with Crippen LogP contribution >= 0.6 is 0 Å². The van der Waals surface area contributed by atoms with Crippen molar-refractivity contribution in [3.05, 3.63) is 23.8 Å². The van der Waals surface area contributed by atoms with E-state index in [1.807, 2.05) is 25.1 Å². The number of amides is 1. The van der Waals surface area contributed by atoms with Gasteiger partial charge in [-0.1, -0.05) is 13.3 Å². The maximum Gasteiger partial charge on any atom is 0.231 e. The minimum absolute atomic E-state index is 0.143. The largest absolute Gasteiger partial charge is 0.497 e. The number of nitrogens with one attached hydrogen (secondary N) is 2. The number of carbonyl (C=O) groups excluding carboxylic acids is 1. The van der Waals surface area contributed by atoms with E-state index in [0.29, 0.717) is 0 Å². The van der Waals surface area contributed by atoms with Crippen LogP contribution in [0.4, 0.5) is 5.69 Å². The van der Waals surface area contributed by atoms with Crippen molar-refractivity contribution in [3.8, 4) is 5.75 Å². The second kappa shape index (κ2) is 6.94. The molecule has 116 valence electrons. The SMILES string of the molecule is CCCC1(C(=O)Nc2ccc(OC)cc2C)CCCNC1. The van der Waals surface area contributed by atoms with Crippen LogP contribution in [0.1, 0.15) is 38.2 Å². The molecule has 1 aromatic rings. The lowest BCUT2D eigenvalue weighted by Gasteiger charge is -2.36. The summed E-state index contributed by atoms with van der Waals surface area (Å²) in [6, 6.07) is 5.75. The molecule has 21 heavy (non-hydrogen) atoms.